The second kappa shape index (κ2) is 4.34. The summed E-state index contributed by atoms with van der Waals surface area (Å²) in [5.41, 5.74) is -1.01. The lowest BCUT2D eigenvalue weighted by Crippen LogP contribution is -2.24. The lowest BCUT2D eigenvalue weighted by molar-refractivity contribution is -0.142. The van der Waals surface area contributed by atoms with Gasteiger partial charge in [-0.3, -0.25) is 4.79 Å². The molecule has 0 saturated heterocycles. The van der Waals surface area contributed by atoms with Gasteiger partial charge in [0.05, 0.1) is 6.26 Å². The number of carbonyl (C=O) groups excluding carboxylic acids is 1. The minimum absolute atomic E-state index is 0.502. The third kappa shape index (κ3) is 1.72. The van der Waals surface area contributed by atoms with Gasteiger partial charge in [-0.1, -0.05) is 24.8 Å². The van der Waals surface area contributed by atoms with E-state index in [1.165, 1.54) is 18.2 Å². The van der Waals surface area contributed by atoms with Crippen LogP contribution in [0, 0.1) is 5.41 Å². The molecule has 0 unspecified atom stereocenters. The Morgan fingerprint density at radius 3 is 1.75 bits per heavy atom. The van der Waals surface area contributed by atoms with Gasteiger partial charge in [-0.05, 0) is 0 Å². The van der Waals surface area contributed by atoms with E-state index >= 15 is 0 Å². The maximum absolute atomic E-state index is 11.3. The van der Waals surface area contributed by atoms with Crippen molar-refractivity contribution in [2.45, 2.75) is 0 Å². The second-order valence-corrected chi connectivity index (χ2v) is 2.12. The van der Waals surface area contributed by atoms with Crippen molar-refractivity contribution in [2.75, 3.05) is 0 Å². The fourth-order valence-electron chi connectivity index (χ4n) is 0.678. The molecule has 0 aromatic heterocycles. The lowest BCUT2D eigenvalue weighted by atomic mass is 9.89. The second-order valence-electron chi connectivity index (χ2n) is 2.12. The molecule has 0 heterocycles. The highest BCUT2D eigenvalue weighted by Gasteiger charge is 2.29. The molecule has 0 radical (unpaired) electrons. The Bertz CT molecular complexity index is 204. The molecule has 0 aromatic carbocycles. The molecule has 0 atom stereocenters. The summed E-state index contributed by atoms with van der Waals surface area (Å²) in [6.45, 7) is 13.8. The van der Waals surface area contributed by atoms with Crippen LogP contribution in [0.1, 0.15) is 0 Å². The number of ether oxygens (including phenoxy) is 1. The normalized spacial score (nSPS) is 9.67. The third-order valence-corrected chi connectivity index (χ3v) is 1.56. The molecule has 0 aromatic rings. The van der Waals surface area contributed by atoms with E-state index in [1.54, 1.807) is 0 Å². The maximum atomic E-state index is 11.3. The van der Waals surface area contributed by atoms with Crippen LogP contribution >= 0.6 is 0 Å². The number of hydrogen-bond donors (Lipinski definition) is 0. The van der Waals surface area contributed by atoms with Gasteiger partial charge in [0.25, 0.3) is 0 Å². The predicted octanol–water partition coefficient (Wildman–Crippen LogP) is 2.22. The average molecular weight is 164 g/mol. The molecule has 2 heteroatoms. The fraction of sp³-hybridized carbons (Fsp3) is 0.100. The van der Waals surface area contributed by atoms with Crippen LogP contribution in [0.4, 0.5) is 0 Å². The molecule has 0 fully saturated rings. The van der Waals surface area contributed by atoms with Gasteiger partial charge in [0.1, 0.15) is 5.41 Å². The zero-order chi connectivity index (χ0) is 9.61. The van der Waals surface area contributed by atoms with Crippen molar-refractivity contribution in [3.63, 3.8) is 0 Å². The van der Waals surface area contributed by atoms with Gasteiger partial charge < -0.3 is 4.74 Å². The first kappa shape index (κ1) is 10.4. The van der Waals surface area contributed by atoms with Crippen LogP contribution in [0.25, 0.3) is 0 Å². The first-order valence-corrected chi connectivity index (χ1v) is 3.39. The maximum Gasteiger partial charge on any atom is 0.328 e. The Kier molecular flexibility index (Phi) is 3.77. The van der Waals surface area contributed by atoms with E-state index in [2.05, 4.69) is 31.1 Å². The molecule has 0 N–H and O–H groups in total. The van der Waals surface area contributed by atoms with Crippen LogP contribution in [0.2, 0.25) is 0 Å². The van der Waals surface area contributed by atoms with Crippen LogP contribution < -0.4 is 0 Å². The monoisotopic (exact) mass is 164 g/mol. The molecule has 0 aliphatic rings. The number of esters is 1. The van der Waals surface area contributed by atoms with Gasteiger partial charge in [0, 0.05) is 0 Å². The predicted molar refractivity (Wildman–Crippen MR) is 49.3 cm³/mol. The Morgan fingerprint density at radius 1 is 1.08 bits per heavy atom. The van der Waals surface area contributed by atoms with Crippen molar-refractivity contribution in [1.82, 2.24) is 0 Å². The largest absolute Gasteiger partial charge is 0.434 e. The average Bonchev–Trinajstić information content (AvgIpc) is 2.09. The molecule has 0 aliphatic carbocycles. The van der Waals surface area contributed by atoms with Crippen molar-refractivity contribution >= 4 is 5.97 Å². The zero-order valence-electron chi connectivity index (χ0n) is 6.95. The molecule has 0 rings (SSSR count). The van der Waals surface area contributed by atoms with Crippen LogP contribution in [-0.2, 0) is 9.53 Å². The number of carbonyl (C=O) groups is 1. The zero-order valence-corrected chi connectivity index (χ0v) is 6.95. The summed E-state index contributed by atoms with van der Waals surface area (Å²) < 4.78 is 4.59. The summed E-state index contributed by atoms with van der Waals surface area (Å²) in [4.78, 5) is 11.3. The van der Waals surface area contributed by atoms with Crippen molar-refractivity contribution in [2.24, 2.45) is 5.41 Å². The van der Waals surface area contributed by atoms with Crippen LogP contribution in [0.15, 0.2) is 50.8 Å². The summed E-state index contributed by atoms with van der Waals surface area (Å²) in [7, 11) is 0. The van der Waals surface area contributed by atoms with Gasteiger partial charge in [-0.15, -0.1) is 19.7 Å². The van der Waals surface area contributed by atoms with Crippen molar-refractivity contribution in [3.05, 3.63) is 50.8 Å². The number of rotatable bonds is 5. The SMILES string of the molecule is C=COC(=O)C(C=C)(C=C)C=C. The van der Waals surface area contributed by atoms with E-state index in [1.807, 2.05) is 0 Å². The minimum Gasteiger partial charge on any atom is -0.434 e. The minimum atomic E-state index is -1.01. The van der Waals surface area contributed by atoms with Gasteiger partial charge in [-0.2, -0.15) is 0 Å². The molecule has 0 spiro atoms. The molecule has 0 saturated carbocycles. The van der Waals surface area contributed by atoms with Gasteiger partial charge in [-0.25, -0.2) is 0 Å². The van der Waals surface area contributed by atoms with Crippen molar-refractivity contribution < 1.29 is 9.53 Å². The van der Waals surface area contributed by atoms with Gasteiger partial charge in [0.15, 0.2) is 0 Å². The summed E-state index contributed by atoms with van der Waals surface area (Å²) in [6.07, 6.45) is 5.31. The Morgan fingerprint density at radius 2 is 1.50 bits per heavy atom. The summed E-state index contributed by atoms with van der Waals surface area (Å²) in [5, 5.41) is 0. The van der Waals surface area contributed by atoms with E-state index in [0.717, 1.165) is 6.26 Å². The topological polar surface area (TPSA) is 26.3 Å². The molecule has 64 valence electrons. The van der Waals surface area contributed by atoms with Crippen molar-refractivity contribution in [3.8, 4) is 0 Å². The summed E-state index contributed by atoms with van der Waals surface area (Å²) in [5.74, 6) is -0.502. The molecular formula is C10H12O2. The van der Waals surface area contributed by atoms with E-state index < -0.39 is 11.4 Å². The fourth-order valence-corrected chi connectivity index (χ4v) is 0.678. The van der Waals surface area contributed by atoms with Gasteiger partial charge in [0.2, 0.25) is 0 Å². The molecule has 0 bridgehead atoms. The quantitative estimate of drug-likeness (QED) is 0.354. The first-order chi connectivity index (χ1) is 5.66. The van der Waals surface area contributed by atoms with Crippen LogP contribution in [-0.4, -0.2) is 5.97 Å². The Balaban J connectivity index is 4.81. The van der Waals surface area contributed by atoms with E-state index in [4.69, 9.17) is 0 Å². The standard InChI is InChI=1S/C10H12O2/c1-5-10(6-2,7-3)9(11)12-8-4/h5-8H,1-4H2. The van der Waals surface area contributed by atoms with E-state index in [9.17, 15) is 4.79 Å². The van der Waals surface area contributed by atoms with Crippen molar-refractivity contribution in [1.29, 1.82) is 0 Å². The Hall–Kier alpha value is -1.57. The summed E-state index contributed by atoms with van der Waals surface area (Å²) in [6, 6.07) is 0. The number of hydrogen-bond acceptors (Lipinski definition) is 2. The molecule has 2 nitrogen and oxygen atoms in total. The van der Waals surface area contributed by atoms with Crippen LogP contribution in [0.3, 0.4) is 0 Å². The Labute approximate surface area is 72.5 Å². The third-order valence-electron chi connectivity index (χ3n) is 1.56. The molecular weight excluding hydrogens is 152 g/mol. The highest BCUT2D eigenvalue weighted by Crippen LogP contribution is 2.23. The van der Waals surface area contributed by atoms with E-state index in [0.29, 0.717) is 0 Å². The summed E-state index contributed by atoms with van der Waals surface area (Å²) >= 11 is 0. The molecule has 0 amide bonds. The van der Waals surface area contributed by atoms with Gasteiger partial charge >= 0.3 is 5.97 Å². The molecule has 0 aliphatic heterocycles. The molecule has 12 heavy (non-hydrogen) atoms. The highest BCUT2D eigenvalue weighted by molar-refractivity contribution is 5.84. The highest BCUT2D eigenvalue weighted by atomic mass is 16.5. The van der Waals surface area contributed by atoms with Crippen LogP contribution in [0.5, 0.6) is 0 Å². The lowest BCUT2D eigenvalue weighted by Gasteiger charge is -2.18. The first-order valence-electron chi connectivity index (χ1n) is 3.39. The smallest absolute Gasteiger partial charge is 0.328 e. The van der Waals surface area contributed by atoms with E-state index in [-0.39, 0.29) is 0 Å².